The summed E-state index contributed by atoms with van der Waals surface area (Å²) in [5.41, 5.74) is 0. The topological polar surface area (TPSA) is 38.7 Å². The molecular formula is C6H9NO2S. The zero-order valence-electron chi connectivity index (χ0n) is 5.96. The molecule has 0 heterocycles. The Bertz CT molecular complexity index is 165. The van der Waals surface area contributed by atoms with Crippen molar-refractivity contribution < 1.29 is 9.53 Å². The largest absolute Gasteiger partial charge is 0.465 e. The fourth-order valence-electron chi connectivity index (χ4n) is 0.378. The summed E-state index contributed by atoms with van der Waals surface area (Å²) in [6, 6.07) is 0. The Kier molecular flexibility index (Phi) is 4.66. The van der Waals surface area contributed by atoms with Gasteiger partial charge in [0.25, 0.3) is 0 Å². The van der Waals surface area contributed by atoms with Gasteiger partial charge in [0.05, 0.1) is 7.11 Å². The van der Waals surface area contributed by atoms with Gasteiger partial charge in [0, 0.05) is 11.9 Å². The van der Waals surface area contributed by atoms with Crippen LogP contribution in [0.5, 0.6) is 0 Å². The van der Waals surface area contributed by atoms with E-state index in [4.69, 9.17) is 0 Å². The lowest BCUT2D eigenvalue weighted by molar-refractivity contribution is -0.135. The predicted molar refractivity (Wildman–Crippen MR) is 42.9 cm³/mol. The number of ether oxygens (including phenoxy) is 1. The zero-order valence-corrected chi connectivity index (χ0v) is 6.77. The number of rotatable bonds is 3. The molecule has 0 saturated heterocycles. The maximum atomic E-state index is 10.7. The van der Waals surface area contributed by atoms with Crippen molar-refractivity contribution in [3.63, 3.8) is 0 Å². The highest BCUT2D eigenvalue weighted by atomic mass is 32.2. The van der Waals surface area contributed by atoms with Gasteiger partial charge in [-0.25, -0.2) is 9.19 Å². The van der Waals surface area contributed by atoms with E-state index in [0.717, 1.165) is 11.9 Å². The highest BCUT2D eigenvalue weighted by molar-refractivity contribution is 8.02. The summed E-state index contributed by atoms with van der Waals surface area (Å²) in [7, 11) is 1.33. The van der Waals surface area contributed by atoms with E-state index in [9.17, 15) is 4.79 Å². The van der Waals surface area contributed by atoms with Crippen molar-refractivity contribution in [3.05, 3.63) is 11.0 Å². The van der Waals surface area contributed by atoms with Crippen LogP contribution in [0.4, 0.5) is 0 Å². The summed E-state index contributed by atoms with van der Waals surface area (Å²) < 4.78 is 7.91. The minimum absolute atomic E-state index is 0.375. The van der Waals surface area contributed by atoms with E-state index in [0.29, 0.717) is 4.91 Å². The highest BCUT2D eigenvalue weighted by Gasteiger charge is 2.06. The molecule has 0 rings (SSSR count). The SMILES string of the molecule is C=NS/C(=C\C)C(=O)OC. The van der Waals surface area contributed by atoms with E-state index in [1.807, 2.05) is 0 Å². The van der Waals surface area contributed by atoms with Crippen molar-refractivity contribution >= 4 is 24.6 Å². The highest BCUT2D eigenvalue weighted by Crippen LogP contribution is 2.16. The van der Waals surface area contributed by atoms with Crippen molar-refractivity contribution in [2.75, 3.05) is 7.11 Å². The maximum Gasteiger partial charge on any atom is 0.345 e. The third-order valence-corrected chi connectivity index (χ3v) is 1.54. The molecule has 4 heteroatoms. The molecule has 0 fully saturated rings. The van der Waals surface area contributed by atoms with Crippen LogP contribution in [-0.2, 0) is 9.53 Å². The first-order valence-corrected chi connectivity index (χ1v) is 3.41. The summed E-state index contributed by atoms with van der Waals surface area (Å²) in [5.74, 6) is -0.375. The van der Waals surface area contributed by atoms with Crippen LogP contribution in [0.25, 0.3) is 0 Å². The van der Waals surface area contributed by atoms with Crippen LogP contribution < -0.4 is 0 Å². The van der Waals surface area contributed by atoms with Crippen LogP contribution in [0, 0.1) is 0 Å². The molecule has 0 spiro atoms. The molecule has 0 bridgehead atoms. The van der Waals surface area contributed by atoms with Gasteiger partial charge in [0.1, 0.15) is 4.91 Å². The molecule has 3 nitrogen and oxygen atoms in total. The van der Waals surface area contributed by atoms with Crippen LogP contribution in [0.2, 0.25) is 0 Å². The first kappa shape index (κ1) is 9.23. The van der Waals surface area contributed by atoms with E-state index >= 15 is 0 Å². The number of carbonyl (C=O) groups excluding carboxylic acids is 1. The van der Waals surface area contributed by atoms with Crippen LogP contribution >= 0.6 is 11.9 Å². The predicted octanol–water partition coefficient (Wildman–Crippen LogP) is 1.41. The summed E-state index contributed by atoms with van der Waals surface area (Å²) in [5, 5.41) is 0. The van der Waals surface area contributed by atoms with E-state index in [1.165, 1.54) is 7.11 Å². The molecule has 0 N–H and O–H groups in total. The Morgan fingerprint density at radius 1 is 1.80 bits per heavy atom. The molecule has 0 unspecified atom stereocenters. The second kappa shape index (κ2) is 5.05. The van der Waals surface area contributed by atoms with Gasteiger partial charge >= 0.3 is 5.97 Å². The summed E-state index contributed by atoms with van der Waals surface area (Å²) >= 11 is 1.01. The molecule has 0 atom stereocenters. The van der Waals surface area contributed by atoms with Crippen molar-refractivity contribution in [2.45, 2.75) is 6.92 Å². The third-order valence-electron chi connectivity index (χ3n) is 0.812. The van der Waals surface area contributed by atoms with Crippen LogP contribution in [-0.4, -0.2) is 19.8 Å². The molecule has 0 radical (unpaired) electrons. The van der Waals surface area contributed by atoms with Gasteiger partial charge in [-0.3, -0.25) is 0 Å². The number of methoxy groups -OCH3 is 1. The Morgan fingerprint density at radius 2 is 2.40 bits per heavy atom. The van der Waals surface area contributed by atoms with Crippen molar-refractivity contribution in [2.24, 2.45) is 4.40 Å². The molecule has 0 saturated carbocycles. The van der Waals surface area contributed by atoms with E-state index in [1.54, 1.807) is 13.0 Å². The summed E-state index contributed by atoms with van der Waals surface area (Å²) in [6.07, 6.45) is 1.63. The number of nitrogens with zero attached hydrogens (tertiary/aromatic N) is 1. The molecule has 0 aliphatic heterocycles. The molecule has 10 heavy (non-hydrogen) atoms. The monoisotopic (exact) mass is 159 g/mol. The van der Waals surface area contributed by atoms with Gasteiger partial charge in [-0.15, -0.1) is 0 Å². The number of hydrogen-bond donors (Lipinski definition) is 0. The van der Waals surface area contributed by atoms with Crippen molar-refractivity contribution in [1.82, 2.24) is 0 Å². The van der Waals surface area contributed by atoms with Gasteiger partial charge < -0.3 is 4.74 Å². The smallest absolute Gasteiger partial charge is 0.345 e. The number of esters is 1. The van der Waals surface area contributed by atoms with Gasteiger partial charge in [0.15, 0.2) is 0 Å². The Hall–Kier alpha value is -0.770. The molecule has 0 aromatic heterocycles. The summed E-state index contributed by atoms with van der Waals surface area (Å²) in [4.78, 5) is 11.2. The quantitative estimate of drug-likeness (QED) is 0.270. The Labute approximate surface area is 64.3 Å². The fourth-order valence-corrected chi connectivity index (χ4v) is 0.780. The molecule has 0 aromatic rings. The van der Waals surface area contributed by atoms with Gasteiger partial charge in [-0.05, 0) is 13.6 Å². The Balaban J connectivity index is 4.08. The second-order valence-electron chi connectivity index (χ2n) is 1.36. The van der Waals surface area contributed by atoms with E-state index in [-0.39, 0.29) is 5.97 Å². The van der Waals surface area contributed by atoms with Crippen LogP contribution in [0.15, 0.2) is 15.4 Å². The van der Waals surface area contributed by atoms with Crippen molar-refractivity contribution in [1.29, 1.82) is 0 Å². The van der Waals surface area contributed by atoms with E-state index in [2.05, 4.69) is 15.9 Å². The van der Waals surface area contributed by atoms with Crippen molar-refractivity contribution in [3.8, 4) is 0 Å². The van der Waals surface area contributed by atoms with Gasteiger partial charge in [-0.2, -0.15) is 0 Å². The first-order valence-electron chi connectivity index (χ1n) is 2.64. The minimum Gasteiger partial charge on any atom is -0.465 e. The average Bonchev–Trinajstić information content (AvgIpc) is 1.99. The number of allylic oxidation sites excluding steroid dienone is 1. The molecule has 0 amide bonds. The first-order chi connectivity index (χ1) is 4.76. The number of carbonyl (C=O) groups is 1. The lowest BCUT2D eigenvalue weighted by Gasteiger charge is -1.97. The van der Waals surface area contributed by atoms with Crippen LogP contribution in [0.3, 0.4) is 0 Å². The lowest BCUT2D eigenvalue weighted by Crippen LogP contribution is -2.00. The second-order valence-corrected chi connectivity index (χ2v) is 2.25. The molecule has 0 aliphatic rings. The van der Waals surface area contributed by atoms with Crippen LogP contribution in [0.1, 0.15) is 6.92 Å². The zero-order chi connectivity index (χ0) is 7.98. The number of hydrogen-bond acceptors (Lipinski definition) is 4. The standard InChI is InChI=1S/C6H9NO2S/c1-4-5(10-7-2)6(8)9-3/h4H,2H2,1,3H3/b5-4-. The Morgan fingerprint density at radius 3 is 2.70 bits per heavy atom. The maximum absolute atomic E-state index is 10.7. The minimum atomic E-state index is -0.375. The third kappa shape index (κ3) is 2.68. The van der Waals surface area contributed by atoms with Gasteiger partial charge in [-0.1, -0.05) is 6.08 Å². The average molecular weight is 159 g/mol. The molecular weight excluding hydrogens is 150 g/mol. The fraction of sp³-hybridized carbons (Fsp3) is 0.333. The molecule has 56 valence electrons. The molecule has 0 aromatic carbocycles. The van der Waals surface area contributed by atoms with E-state index < -0.39 is 0 Å². The summed E-state index contributed by atoms with van der Waals surface area (Å²) in [6.45, 7) is 4.97. The van der Waals surface area contributed by atoms with Gasteiger partial charge in [0.2, 0.25) is 0 Å². The normalized spacial score (nSPS) is 10.8. The molecule has 0 aliphatic carbocycles. The lowest BCUT2D eigenvalue weighted by atomic mass is 10.5.